The normalized spacial score (nSPS) is 16.3. The highest BCUT2D eigenvalue weighted by molar-refractivity contribution is 5.72. The molecule has 1 N–H and O–H groups in total. The van der Waals surface area contributed by atoms with Gasteiger partial charge in [-0.05, 0) is 17.7 Å². The van der Waals surface area contributed by atoms with Crippen LogP contribution in [0.3, 0.4) is 0 Å². The Morgan fingerprint density at radius 3 is 2.63 bits per heavy atom. The molecule has 5 heteroatoms. The van der Waals surface area contributed by atoms with E-state index in [0.29, 0.717) is 6.61 Å². The number of ether oxygens (including phenoxy) is 1. The third kappa shape index (κ3) is 4.96. The molecule has 0 saturated carbocycles. The summed E-state index contributed by atoms with van der Waals surface area (Å²) in [6.07, 6.45) is 0.196. The highest BCUT2D eigenvalue weighted by Gasteiger charge is 2.10. The van der Waals surface area contributed by atoms with Gasteiger partial charge < -0.3 is 10.1 Å². The lowest BCUT2D eigenvalue weighted by Crippen LogP contribution is -2.44. The van der Waals surface area contributed by atoms with Gasteiger partial charge in [-0.25, -0.2) is 4.39 Å². The molecule has 1 aromatic carbocycles. The van der Waals surface area contributed by atoms with Crippen molar-refractivity contribution in [1.82, 2.24) is 10.2 Å². The van der Waals surface area contributed by atoms with E-state index in [1.165, 1.54) is 12.1 Å². The summed E-state index contributed by atoms with van der Waals surface area (Å²) in [6.45, 7) is 5.16. The average Bonchev–Trinajstić information content (AvgIpc) is 2.43. The monoisotopic (exact) mass is 266 g/mol. The van der Waals surface area contributed by atoms with Crippen molar-refractivity contribution in [3.8, 4) is 0 Å². The fourth-order valence-corrected chi connectivity index (χ4v) is 2.04. The molecule has 0 amide bonds. The van der Waals surface area contributed by atoms with Gasteiger partial charge in [0.25, 0.3) is 0 Å². The number of nitrogens with zero attached hydrogens (tertiary/aromatic N) is 1. The van der Waals surface area contributed by atoms with Crippen LogP contribution >= 0.6 is 0 Å². The molecule has 1 saturated heterocycles. The second-order valence-electron chi connectivity index (χ2n) is 4.62. The molecule has 2 rings (SSSR count). The zero-order chi connectivity index (χ0) is 13.5. The van der Waals surface area contributed by atoms with Crippen molar-refractivity contribution in [3.63, 3.8) is 0 Å². The zero-order valence-electron chi connectivity index (χ0n) is 10.9. The minimum Gasteiger partial charge on any atom is -0.464 e. The van der Waals surface area contributed by atoms with Gasteiger partial charge in [0.1, 0.15) is 12.4 Å². The number of rotatable bonds is 5. The Bertz CT molecular complexity index is 402. The molecule has 0 aliphatic carbocycles. The molecule has 0 atom stereocenters. The first-order chi connectivity index (χ1) is 9.24. The lowest BCUT2D eigenvalue weighted by molar-refractivity contribution is -0.143. The smallest absolute Gasteiger partial charge is 0.310 e. The molecule has 1 fully saturated rings. The fourth-order valence-electron chi connectivity index (χ4n) is 2.04. The molecule has 4 nitrogen and oxygen atoms in total. The fraction of sp³-hybridized carbons (Fsp3) is 0.500. The summed E-state index contributed by atoms with van der Waals surface area (Å²) in [6, 6.07) is 5.91. The van der Waals surface area contributed by atoms with Gasteiger partial charge in [0.2, 0.25) is 0 Å². The summed E-state index contributed by atoms with van der Waals surface area (Å²) in [5, 5.41) is 3.27. The summed E-state index contributed by atoms with van der Waals surface area (Å²) < 4.78 is 17.9. The summed E-state index contributed by atoms with van der Waals surface area (Å²) >= 11 is 0. The Morgan fingerprint density at radius 1 is 1.26 bits per heavy atom. The molecule has 104 valence electrons. The van der Waals surface area contributed by atoms with Crippen LogP contribution in [-0.2, 0) is 16.0 Å². The molecule has 0 aromatic heterocycles. The first kappa shape index (κ1) is 14.0. The van der Waals surface area contributed by atoms with Crippen LogP contribution in [0.15, 0.2) is 24.3 Å². The Morgan fingerprint density at radius 2 is 1.95 bits per heavy atom. The van der Waals surface area contributed by atoms with Crippen molar-refractivity contribution in [2.75, 3.05) is 39.3 Å². The number of carbonyl (C=O) groups excluding carboxylic acids is 1. The van der Waals surface area contributed by atoms with Crippen LogP contribution in [0.5, 0.6) is 0 Å². The maximum absolute atomic E-state index is 12.7. The summed E-state index contributed by atoms with van der Waals surface area (Å²) in [5.41, 5.74) is 0.772. The van der Waals surface area contributed by atoms with E-state index < -0.39 is 0 Å². The third-order valence-corrected chi connectivity index (χ3v) is 3.14. The van der Waals surface area contributed by atoms with Crippen molar-refractivity contribution < 1.29 is 13.9 Å². The number of benzene rings is 1. The van der Waals surface area contributed by atoms with Gasteiger partial charge in [-0.1, -0.05) is 12.1 Å². The molecule has 1 aliphatic rings. The number of nitrogens with one attached hydrogen (secondary N) is 1. The minimum absolute atomic E-state index is 0.196. The number of esters is 1. The number of halogens is 1. The first-order valence-electron chi connectivity index (χ1n) is 6.57. The van der Waals surface area contributed by atoms with Gasteiger partial charge in [-0.2, -0.15) is 0 Å². The Hall–Kier alpha value is -1.46. The standard InChI is InChI=1S/C14H19FN2O2/c15-13-3-1-12(2-4-13)11-14(18)19-10-9-17-7-5-16-6-8-17/h1-4,16H,5-11H2. The van der Waals surface area contributed by atoms with E-state index in [9.17, 15) is 9.18 Å². The lowest BCUT2D eigenvalue weighted by atomic mass is 10.1. The number of hydrogen-bond donors (Lipinski definition) is 1. The predicted octanol–water partition coefficient (Wildman–Crippen LogP) is 0.817. The van der Waals surface area contributed by atoms with Crippen LogP contribution in [0.1, 0.15) is 5.56 Å². The zero-order valence-corrected chi connectivity index (χ0v) is 10.9. The van der Waals surface area contributed by atoms with E-state index in [2.05, 4.69) is 10.2 Å². The van der Waals surface area contributed by atoms with Gasteiger partial charge >= 0.3 is 5.97 Å². The van der Waals surface area contributed by atoms with Crippen molar-refractivity contribution >= 4 is 5.97 Å². The van der Waals surface area contributed by atoms with E-state index in [-0.39, 0.29) is 18.2 Å². The van der Waals surface area contributed by atoms with E-state index >= 15 is 0 Å². The molecule has 1 aliphatic heterocycles. The van der Waals surface area contributed by atoms with Gasteiger partial charge in [0.05, 0.1) is 6.42 Å². The van der Waals surface area contributed by atoms with Crippen LogP contribution in [0, 0.1) is 5.82 Å². The molecule has 0 unspecified atom stereocenters. The number of hydrogen-bond acceptors (Lipinski definition) is 4. The van der Waals surface area contributed by atoms with Crippen LogP contribution in [0.25, 0.3) is 0 Å². The number of piperazine rings is 1. The number of carbonyl (C=O) groups is 1. The van der Waals surface area contributed by atoms with E-state index in [0.717, 1.165) is 38.3 Å². The second-order valence-corrected chi connectivity index (χ2v) is 4.62. The Labute approximate surface area is 112 Å². The summed E-state index contributed by atoms with van der Waals surface area (Å²) in [5.74, 6) is -0.558. The molecule has 0 bridgehead atoms. The van der Waals surface area contributed by atoms with Gasteiger partial charge in [-0.3, -0.25) is 9.69 Å². The quantitative estimate of drug-likeness (QED) is 0.801. The van der Waals surface area contributed by atoms with Crippen molar-refractivity contribution in [1.29, 1.82) is 0 Å². The first-order valence-corrected chi connectivity index (χ1v) is 6.57. The minimum atomic E-state index is -0.296. The van der Waals surface area contributed by atoms with Crippen LogP contribution < -0.4 is 5.32 Å². The molecule has 19 heavy (non-hydrogen) atoms. The Kier molecular flexibility index (Phi) is 5.30. The van der Waals surface area contributed by atoms with Crippen molar-refractivity contribution in [3.05, 3.63) is 35.6 Å². The van der Waals surface area contributed by atoms with Gasteiger partial charge in [0, 0.05) is 32.7 Å². The maximum atomic E-state index is 12.7. The summed E-state index contributed by atoms with van der Waals surface area (Å²) in [4.78, 5) is 13.9. The van der Waals surface area contributed by atoms with E-state index in [4.69, 9.17) is 4.74 Å². The largest absolute Gasteiger partial charge is 0.464 e. The van der Waals surface area contributed by atoms with Crippen molar-refractivity contribution in [2.45, 2.75) is 6.42 Å². The van der Waals surface area contributed by atoms with Gasteiger partial charge in [-0.15, -0.1) is 0 Å². The topological polar surface area (TPSA) is 41.6 Å². The molecular weight excluding hydrogens is 247 g/mol. The van der Waals surface area contributed by atoms with E-state index in [1.807, 2.05) is 0 Å². The average molecular weight is 266 g/mol. The van der Waals surface area contributed by atoms with Crippen LogP contribution in [0.4, 0.5) is 4.39 Å². The summed E-state index contributed by atoms with van der Waals surface area (Å²) in [7, 11) is 0. The molecule has 0 radical (unpaired) electrons. The molecule has 1 aromatic rings. The lowest BCUT2D eigenvalue weighted by Gasteiger charge is -2.26. The van der Waals surface area contributed by atoms with Crippen LogP contribution in [-0.4, -0.2) is 50.2 Å². The maximum Gasteiger partial charge on any atom is 0.310 e. The molecule has 1 heterocycles. The van der Waals surface area contributed by atoms with Crippen LogP contribution in [0.2, 0.25) is 0 Å². The third-order valence-electron chi connectivity index (χ3n) is 3.14. The predicted molar refractivity (Wildman–Crippen MR) is 70.4 cm³/mol. The highest BCUT2D eigenvalue weighted by atomic mass is 19.1. The second kappa shape index (κ2) is 7.21. The molecular formula is C14H19FN2O2. The SMILES string of the molecule is O=C(Cc1ccc(F)cc1)OCCN1CCNCC1. The highest BCUT2D eigenvalue weighted by Crippen LogP contribution is 2.04. The van der Waals surface area contributed by atoms with Crippen molar-refractivity contribution in [2.24, 2.45) is 0 Å². The molecule has 0 spiro atoms. The van der Waals surface area contributed by atoms with E-state index in [1.54, 1.807) is 12.1 Å². The van der Waals surface area contributed by atoms with Gasteiger partial charge in [0.15, 0.2) is 0 Å². The Balaban J connectivity index is 1.65.